The second-order valence-electron chi connectivity index (χ2n) is 6.24. The van der Waals surface area contributed by atoms with Gasteiger partial charge in [-0.15, -0.1) is 0 Å². The van der Waals surface area contributed by atoms with Crippen LogP contribution < -0.4 is 5.32 Å². The van der Waals surface area contributed by atoms with Gasteiger partial charge in [0.2, 0.25) is 5.89 Å². The van der Waals surface area contributed by atoms with E-state index in [-0.39, 0.29) is 5.41 Å². The van der Waals surface area contributed by atoms with Crippen LogP contribution in [0.25, 0.3) is 0 Å². The fourth-order valence-corrected chi connectivity index (χ4v) is 3.09. The Hall–Kier alpha value is -1.68. The van der Waals surface area contributed by atoms with E-state index in [1.807, 2.05) is 6.07 Å². The molecule has 1 aromatic heterocycles. The molecule has 4 nitrogen and oxygen atoms in total. The smallest absolute Gasteiger partial charge is 0.234 e. The Labute approximate surface area is 126 Å². The maximum Gasteiger partial charge on any atom is 0.234 e. The van der Waals surface area contributed by atoms with Crippen LogP contribution in [0.1, 0.15) is 37.5 Å². The van der Waals surface area contributed by atoms with E-state index < -0.39 is 0 Å². The quantitative estimate of drug-likeness (QED) is 0.917. The number of aromatic nitrogens is 2. The van der Waals surface area contributed by atoms with Gasteiger partial charge in [-0.3, -0.25) is 0 Å². The summed E-state index contributed by atoms with van der Waals surface area (Å²) in [5.74, 6) is 2.13. The molecule has 2 heterocycles. The minimum atomic E-state index is 0.0119. The fraction of sp³-hybridized carbons (Fsp3) is 0.529. The van der Waals surface area contributed by atoms with Gasteiger partial charge in [0, 0.05) is 13.0 Å². The highest BCUT2D eigenvalue weighted by Gasteiger charge is 2.43. The summed E-state index contributed by atoms with van der Waals surface area (Å²) < 4.78 is 5.60. The van der Waals surface area contributed by atoms with Gasteiger partial charge in [-0.05, 0) is 30.9 Å². The zero-order valence-electron chi connectivity index (χ0n) is 12.8. The van der Waals surface area contributed by atoms with Crippen molar-refractivity contribution < 1.29 is 4.52 Å². The largest absolute Gasteiger partial charge is 0.339 e. The van der Waals surface area contributed by atoms with E-state index in [9.17, 15) is 0 Å². The van der Waals surface area contributed by atoms with Crippen molar-refractivity contribution in [1.82, 2.24) is 15.5 Å². The van der Waals surface area contributed by atoms with Gasteiger partial charge in [-0.25, -0.2) is 0 Å². The fourth-order valence-electron chi connectivity index (χ4n) is 3.09. The SMILES string of the molecule is CC(C)C1(c2nc(CCc3ccccc3)no2)CCNC1. The molecule has 4 heteroatoms. The first kappa shape index (κ1) is 14.3. The zero-order valence-corrected chi connectivity index (χ0v) is 12.8. The minimum Gasteiger partial charge on any atom is -0.339 e. The molecule has 0 spiro atoms. The third-order valence-electron chi connectivity index (χ3n) is 4.67. The highest BCUT2D eigenvalue weighted by Crippen LogP contribution is 2.36. The lowest BCUT2D eigenvalue weighted by atomic mass is 9.76. The molecule has 1 unspecified atom stereocenters. The van der Waals surface area contributed by atoms with E-state index in [4.69, 9.17) is 4.52 Å². The van der Waals surface area contributed by atoms with Crippen LogP contribution in [0, 0.1) is 5.92 Å². The topological polar surface area (TPSA) is 51.0 Å². The summed E-state index contributed by atoms with van der Waals surface area (Å²) in [5.41, 5.74) is 1.32. The molecule has 2 aromatic rings. The molecular formula is C17H23N3O. The maximum atomic E-state index is 5.60. The Morgan fingerprint density at radius 1 is 1.24 bits per heavy atom. The Kier molecular flexibility index (Phi) is 4.06. The second-order valence-corrected chi connectivity index (χ2v) is 6.24. The molecule has 0 amide bonds. The third kappa shape index (κ3) is 2.86. The van der Waals surface area contributed by atoms with Crippen LogP contribution in [-0.2, 0) is 18.3 Å². The molecular weight excluding hydrogens is 262 g/mol. The monoisotopic (exact) mass is 285 g/mol. The Morgan fingerprint density at radius 2 is 2.05 bits per heavy atom. The summed E-state index contributed by atoms with van der Waals surface area (Å²) in [7, 11) is 0. The molecule has 0 aliphatic carbocycles. The van der Waals surface area contributed by atoms with Crippen molar-refractivity contribution >= 4 is 0 Å². The van der Waals surface area contributed by atoms with Gasteiger partial charge in [-0.2, -0.15) is 4.98 Å². The molecule has 21 heavy (non-hydrogen) atoms. The van der Waals surface area contributed by atoms with Crippen LogP contribution in [0.4, 0.5) is 0 Å². The van der Waals surface area contributed by atoms with Crippen LogP contribution in [0.5, 0.6) is 0 Å². The van der Waals surface area contributed by atoms with Gasteiger partial charge in [0.05, 0.1) is 5.41 Å². The van der Waals surface area contributed by atoms with Gasteiger partial charge in [0.25, 0.3) is 0 Å². The summed E-state index contributed by atoms with van der Waals surface area (Å²) in [6.45, 7) is 6.44. The average molecular weight is 285 g/mol. The molecule has 1 aliphatic heterocycles. The zero-order chi connectivity index (χ0) is 14.7. The molecule has 1 saturated heterocycles. The first-order valence-corrected chi connectivity index (χ1v) is 7.78. The first-order valence-electron chi connectivity index (χ1n) is 7.78. The van der Waals surface area contributed by atoms with Gasteiger partial charge < -0.3 is 9.84 Å². The lowest BCUT2D eigenvalue weighted by molar-refractivity contribution is 0.234. The Balaban J connectivity index is 1.71. The lowest BCUT2D eigenvalue weighted by Crippen LogP contribution is -2.35. The summed E-state index contributed by atoms with van der Waals surface area (Å²) in [6, 6.07) is 10.4. The Bertz CT molecular complexity index is 571. The summed E-state index contributed by atoms with van der Waals surface area (Å²) in [6.07, 6.45) is 2.85. The van der Waals surface area contributed by atoms with Crippen molar-refractivity contribution in [3.05, 3.63) is 47.6 Å². The van der Waals surface area contributed by atoms with Crippen molar-refractivity contribution in [3.8, 4) is 0 Å². The van der Waals surface area contributed by atoms with Crippen molar-refractivity contribution in [2.24, 2.45) is 5.92 Å². The van der Waals surface area contributed by atoms with Crippen LogP contribution in [0.2, 0.25) is 0 Å². The molecule has 1 N–H and O–H groups in total. The molecule has 1 aromatic carbocycles. The van der Waals surface area contributed by atoms with E-state index in [1.54, 1.807) is 0 Å². The summed E-state index contributed by atoms with van der Waals surface area (Å²) in [4.78, 5) is 4.68. The molecule has 0 radical (unpaired) electrons. The summed E-state index contributed by atoms with van der Waals surface area (Å²) >= 11 is 0. The molecule has 3 rings (SSSR count). The van der Waals surface area contributed by atoms with E-state index in [2.05, 4.69) is 53.6 Å². The van der Waals surface area contributed by atoms with Crippen molar-refractivity contribution in [2.75, 3.05) is 13.1 Å². The van der Waals surface area contributed by atoms with Crippen molar-refractivity contribution in [2.45, 2.75) is 38.5 Å². The van der Waals surface area contributed by atoms with Crippen molar-refractivity contribution in [3.63, 3.8) is 0 Å². The number of aryl methyl sites for hydroxylation is 2. The third-order valence-corrected chi connectivity index (χ3v) is 4.67. The van der Waals surface area contributed by atoms with Crippen molar-refractivity contribution in [1.29, 1.82) is 0 Å². The standard InChI is InChI=1S/C17H23N3O/c1-13(2)17(10-11-18-12-17)16-19-15(20-21-16)9-8-14-6-4-3-5-7-14/h3-7,13,18H,8-12H2,1-2H3. The lowest BCUT2D eigenvalue weighted by Gasteiger charge is -2.28. The van der Waals surface area contributed by atoms with E-state index >= 15 is 0 Å². The molecule has 0 saturated carbocycles. The second kappa shape index (κ2) is 5.98. The molecule has 1 atom stereocenters. The first-order chi connectivity index (χ1) is 10.2. The van der Waals surface area contributed by atoms with Crippen LogP contribution in [-0.4, -0.2) is 23.2 Å². The van der Waals surface area contributed by atoms with Gasteiger partial charge in [0.15, 0.2) is 5.82 Å². The van der Waals surface area contributed by atoms with Gasteiger partial charge in [-0.1, -0.05) is 49.3 Å². The van der Waals surface area contributed by atoms with Gasteiger partial charge in [0.1, 0.15) is 0 Å². The van der Waals surface area contributed by atoms with Gasteiger partial charge >= 0.3 is 0 Å². The average Bonchev–Trinajstić information content (AvgIpc) is 3.16. The van der Waals surface area contributed by atoms with E-state index in [1.165, 1.54) is 5.56 Å². The number of nitrogens with zero attached hydrogens (tertiary/aromatic N) is 2. The molecule has 0 bridgehead atoms. The molecule has 1 fully saturated rings. The van der Waals surface area contributed by atoms with Crippen LogP contribution in [0.3, 0.4) is 0 Å². The number of benzene rings is 1. The molecule has 1 aliphatic rings. The summed E-state index contributed by atoms with van der Waals surface area (Å²) in [5, 5.41) is 7.62. The highest BCUT2D eigenvalue weighted by atomic mass is 16.5. The highest BCUT2D eigenvalue weighted by molar-refractivity contribution is 5.16. The normalized spacial score (nSPS) is 22.0. The number of rotatable bonds is 5. The predicted molar refractivity (Wildman–Crippen MR) is 82.2 cm³/mol. The molecule has 112 valence electrons. The minimum absolute atomic E-state index is 0.0119. The van der Waals surface area contributed by atoms with Crippen LogP contribution >= 0.6 is 0 Å². The number of nitrogens with one attached hydrogen (secondary N) is 1. The van der Waals surface area contributed by atoms with E-state index in [0.29, 0.717) is 5.92 Å². The maximum absolute atomic E-state index is 5.60. The number of hydrogen-bond acceptors (Lipinski definition) is 4. The van der Waals surface area contributed by atoms with E-state index in [0.717, 1.165) is 44.1 Å². The predicted octanol–water partition coefficient (Wildman–Crippen LogP) is 2.74. The van der Waals surface area contributed by atoms with Crippen LogP contribution in [0.15, 0.2) is 34.9 Å². The Morgan fingerprint density at radius 3 is 2.71 bits per heavy atom. The number of hydrogen-bond donors (Lipinski definition) is 1.